The van der Waals surface area contributed by atoms with E-state index in [1.807, 2.05) is 12.1 Å². The second kappa shape index (κ2) is 12.4. The quantitative estimate of drug-likeness (QED) is 0.188. The molecular weight excluding hydrogens is 605 g/mol. The van der Waals surface area contributed by atoms with E-state index in [4.69, 9.17) is 4.74 Å². The minimum Gasteiger partial charge on any atom is -0.439 e. The standard InChI is InChI=1S/C32H25F3N6O3S/c1-19-25(39-30(43)40-26-16-22(32(33,34)35)8-11-24(26)21-4-2-14-36-17-21)12-13-28(38-19)44-23-9-6-20(7-10-23)27-18-37-31(45-27)41-15-3-5-29(41)42/h2,4,6-14,16-18H,3,5,15H2,1H3,(H2,39,40,43). The van der Waals surface area contributed by atoms with Crippen LogP contribution >= 0.6 is 11.3 Å². The third-order valence-corrected chi connectivity index (χ3v) is 8.10. The van der Waals surface area contributed by atoms with Gasteiger partial charge in [0.1, 0.15) is 5.75 Å². The first-order valence-corrected chi connectivity index (χ1v) is 14.7. The normalized spacial score (nSPS) is 13.2. The molecule has 4 heterocycles. The first-order chi connectivity index (χ1) is 21.6. The van der Waals surface area contributed by atoms with Crippen LogP contribution in [0.15, 0.2) is 85.3 Å². The SMILES string of the molecule is Cc1nc(Oc2ccc(-c3cnc(N4CCCC4=O)s3)cc2)ccc1NC(=O)Nc1cc(C(F)(F)F)ccc1-c1cccnc1. The number of nitrogens with one attached hydrogen (secondary N) is 2. The van der Waals surface area contributed by atoms with E-state index in [9.17, 15) is 22.8 Å². The van der Waals surface area contributed by atoms with Crippen LogP contribution in [0.25, 0.3) is 21.6 Å². The summed E-state index contributed by atoms with van der Waals surface area (Å²) in [5, 5.41) is 5.87. The van der Waals surface area contributed by atoms with Crippen LogP contribution in [0.4, 0.5) is 34.5 Å². The third kappa shape index (κ3) is 6.78. The Morgan fingerprint density at radius 2 is 1.78 bits per heavy atom. The van der Waals surface area contributed by atoms with Crippen molar-refractivity contribution in [1.29, 1.82) is 0 Å². The molecule has 2 N–H and O–H groups in total. The Bertz CT molecular complexity index is 1860. The second-order valence-electron chi connectivity index (χ2n) is 10.1. The number of anilines is 3. The van der Waals surface area contributed by atoms with E-state index in [0.29, 0.717) is 46.4 Å². The Labute approximate surface area is 259 Å². The van der Waals surface area contributed by atoms with Gasteiger partial charge in [0.15, 0.2) is 5.13 Å². The molecule has 0 aliphatic carbocycles. The number of nitrogens with zero attached hydrogens (tertiary/aromatic N) is 4. The van der Waals surface area contributed by atoms with Gasteiger partial charge in [-0.2, -0.15) is 13.2 Å². The molecule has 13 heteroatoms. The Morgan fingerprint density at radius 3 is 2.47 bits per heavy atom. The number of aryl methyl sites for hydroxylation is 1. The summed E-state index contributed by atoms with van der Waals surface area (Å²) in [6.45, 7) is 2.36. The number of amides is 3. The number of urea groups is 1. The maximum Gasteiger partial charge on any atom is 0.416 e. The molecule has 1 fully saturated rings. The number of hydrogen-bond acceptors (Lipinski definition) is 7. The maximum absolute atomic E-state index is 13.4. The Balaban J connectivity index is 1.12. The molecule has 1 aliphatic rings. The van der Waals surface area contributed by atoms with Gasteiger partial charge in [-0.15, -0.1) is 0 Å². The number of carbonyl (C=O) groups is 2. The molecule has 3 amide bonds. The van der Waals surface area contributed by atoms with Crippen molar-refractivity contribution in [2.75, 3.05) is 22.1 Å². The van der Waals surface area contributed by atoms with Gasteiger partial charge in [0.2, 0.25) is 11.8 Å². The van der Waals surface area contributed by atoms with Gasteiger partial charge in [-0.25, -0.2) is 14.8 Å². The number of carbonyl (C=O) groups excluding carboxylic acids is 2. The van der Waals surface area contributed by atoms with Crippen molar-refractivity contribution >= 4 is 39.8 Å². The van der Waals surface area contributed by atoms with Crippen LogP contribution < -0.4 is 20.3 Å². The van der Waals surface area contributed by atoms with E-state index in [2.05, 4.69) is 25.6 Å². The first kappa shape index (κ1) is 29.8. The average Bonchev–Trinajstić information content (AvgIpc) is 3.68. The summed E-state index contributed by atoms with van der Waals surface area (Å²) in [6, 6.07) is 16.3. The molecule has 0 radical (unpaired) electrons. The zero-order valence-corrected chi connectivity index (χ0v) is 24.6. The predicted octanol–water partition coefficient (Wildman–Crippen LogP) is 8.16. The van der Waals surface area contributed by atoms with Crippen LogP contribution in [-0.2, 0) is 11.0 Å². The number of hydrogen-bond donors (Lipinski definition) is 2. The minimum atomic E-state index is -4.59. The van der Waals surface area contributed by atoms with E-state index < -0.39 is 17.8 Å². The van der Waals surface area contributed by atoms with E-state index in [1.165, 1.54) is 23.6 Å². The van der Waals surface area contributed by atoms with Crippen LogP contribution in [0.5, 0.6) is 11.6 Å². The molecule has 1 aliphatic heterocycles. The topological polar surface area (TPSA) is 109 Å². The smallest absolute Gasteiger partial charge is 0.416 e. The molecule has 0 saturated carbocycles. The first-order valence-electron chi connectivity index (χ1n) is 13.9. The summed E-state index contributed by atoms with van der Waals surface area (Å²) in [5.41, 5.74) is 1.72. The monoisotopic (exact) mass is 630 g/mol. The van der Waals surface area contributed by atoms with Gasteiger partial charge < -0.3 is 15.4 Å². The summed E-state index contributed by atoms with van der Waals surface area (Å²) in [6.07, 6.45) is 1.60. The van der Waals surface area contributed by atoms with Crippen molar-refractivity contribution in [1.82, 2.24) is 15.0 Å². The molecule has 2 aromatic carbocycles. The van der Waals surface area contributed by atoms with Gasteiger partial charge in [0.25, 0.3) is 0 Å². The zero-order valence-electron chi connectivity index (χ0n) is 23.8. The summed E-state index contributed by atoms with van der Waals surface area (Å²) in [7, 11) is 0. The van der Waals surface area contributed by atoms with E-state index in [0.717, 1.165) is 29.0 Å². The summed E-state index contributed by atoms with van der Waals surface area (Å²) < 4.78 is 46.2. The molecule has 0 spiro atoms. The highest BCUT2D eigenvalue weighted by molar-refractivity contribution is 7.19. The number of alkyl halides is 3. The number of ether oxygens (including phenoxy) is 1. The van der Waals surface area contributed by atoms with Gasteiger partial charge in [0, 0.05) is 48.7 Å². The van der Waals surface area contributed by atoms with Crippen molar-refractivity contribution in [3.05, 3.63) is 96.6 Å². The molecule has 0 bridgehead atoms. The molecule has 228 valence electrons. The molecule has 5 aromatic rings. The largest absolute Gasteiger partial charge is 0.439 e. The van der Waals surface area contributed by atoms with Crippen molar-refractivity contribution in [3.63, 3.8) is 0 Å². The highest BCUT2D eigenvalue weighted by atomic mass is 32.1. The number of thiazole rings is 1. The van der Waals surface area contributed by atoms with E-state index >= 15 is 0 Å². The highest BCUT2D eigenvalue weighted by Crippen LogP contribution is 2.37. The molecule has 0 atom stereocenters. The summed E-state index contributed by atoms with van der Waals surface area (Å²) >= 11 is 1.46. The Kier molecular flexibility index (Phi) is 8.18. The summed E-state index contributed by atoms with van der Waals surface area (Å²) in [4.78, 5) is 40.4. The van der Waals surface area contributed by atoms with Crippen LogP contribution in [0.1, 0.15) is 24.1 Å². The molecule has 0 unspecified atom stereocenters. The van der Waals surface area contributed by atoms with Crippen molar-refractivity contribution in [2.24, 2.45) is 0 Å². The lowest BCUT2D eigenvalue weighted by Crippen LogP contribution is -2.23. The fourth-order valence-corrected chi connectivity index (χ4v) is 5.75. The second-order valence-corrected chi connectivity index (χ2v) is 11.2. The van der Waals surface area contributed by atoms with E-state index in [1.54, 1.807) is 60.6 Å². The van der Waals surface area contributed by atoms with Gasteiger partial charge in [-0.05, 0) is 67.4 Å². The minimum absolute atomic E-state index is 0.0246. The predicted molar refractivity (Wildman–Crippen MR) is 166 cm³/mol. The average molecular weight is 631 g/mol. The van der Waals surface area contributed by atoms with Gasteiger partial charge in [0.05, 0.1) is 27.5 Å². The zero-order chi connectivity index (χ0) is 31.6. The lowest BCUT2D eigenvalue weighted by molar-refractivity contribution is -0.137. The van der Waals surface area contributed by atoms with E-state index in [-0.39, 0.29) is 17.5 Å². The van der Waals surface area contributed by atoms with Crippen LogP contribution in [-0.4, -0.2) is 33.4 Å². The molecule has 1 saturated heterocycles. The fourth-order valence-electron chi connectivity index (χ4n) is 4.78. The third-order valence-electron chi connectivity index (χ3n) is 7.04. The Morgan fingerprint density at radius 1 is 0.978 bits per heavy atom. The lowest BCUT2D eigenvalue weighted by atomic mass is 10.0. The number of halogens is 3. The molecule has 6 rings (SSSR count). The number of benzene rings is 2. The highest BCUT2D eigenvalue weighted by Gasteiger charge is 2.31. The van der Waals surface area contributed by atoms with Crippen LogP contribution in [0.3, 0.4) is 0 Å². The molecular formula is C32H25F3N6O3S. The van der Waals surface area contributed by atoms with Crippen molar-refractivity contribution in [3.8, 4) is 33.2 Å². The maximum atomic E-state index is 13.4. The molecule has 9 nitrogen and oxygen atoms in total. The molecule has 3 aromatic heterocycles. The number of aromatic nitrogens is 3. The van der Waals surface area contributed by atoms with Crippen LogP contribution in [0, 0.1) is 6.92 Å². The number of pyridine rings is 2. The lowest BCUT2D eigenvalue weighted by Gasteiger charge is -2.16. The fraction of sp³-hybridized carbons (Fsp3) is 0.156. The summed E-state index contributed by atoms with van der Waals surface area (Å²) in [5.74, 6) is 0.918. The van der Waals surface area contributed by atoms with Crippen LogP contribution in [0.2, 0.25) is 0 Å². The Hall–Kier alpha value is -5.30. The van der Waals surface area contributed by atoms with Gasteiger partial charge in [-0.3, -0.25) is 14.7 Å². The number of rotatable bonds is 7. The van der Waals surface area contributed by atoms with Crippen molar-refractivity contribution < 1.29 is 27.5 Å². The van der Waals surface area contributed by atoms with Gasteiger partial charge >= 0.3 is 12.2 Å². The van der Waals surface area contributed by atoms with Crippen molar-refractivity contribution in [2.45, 2.75) is 25.9 Å². The van der Waals surface area contributed by atoms with Gasteiger partial charge in [-0.1, -0.05) is 23.5 Å². The molecule has 45 heavy (non-hydrogen) atoms.